The first-order valence-corrected chi connectivity index (χ1v) is 17.7. The van der Waals surface area contributed by atoms with Crippen molar-refractivity contribution < 1.29 is 0 Å². The molecule has 10 aromatic rings. The molecule has 3 heterocycles. The third-order valence-corrected chi connectivity index (χ3v) is 10.0. The average Bonchev–Trinajstić information content (AvgIpc) is 3.68. The van der Waals surface area contributed by atoms with Gasteiger partial charge >= 0.3 is 0 Å². The minimum atomic E-state index is 0.831. The molecule has 10 rings (SSSR count). The van der Waals surface area contributed by atoms with Crippen molar-refractivity contribution in [2.45, 2.75) is 0 Å². The maximum atomic E-state index is 5.41. The number of fused-ring (bicyclic) bond motifs is 3. The fourth-order valence-electron chi connectivity index (χ4n) is 7.60. The van der Waals surface area contributed by atoms with Crippen LogP contribution in [0.1, 0.15) is 0 Å². The van der Waals surface area contributed by atoms with Gasteiger partial charge in [0.2, 0.25) is 0 Å². The molecule has 0 amide bonds. The lowest BCUT2D eigenvalue weighted by Crippen LogP contribution is -2.02. The second-order valence-corrected chi connectivity index (χ2v) is 13.2. The lowest BCUT2D eigenvalue weighted by atomic mass is 9.91. The van der Waals surface area contributed by atoms with Crippen LogP contribution in [0.25, 0.3) is 93.9 Å². The van der Waals surface area contributed by atoms with Gasteiger partial charge in [0.25, 0.3) is 0 Å². The molecular weight excluding hydrogens is 647 g/mol. The highest BCUT2D eigenvalue weighted by Gasteiger charge is 2.21. The molecule has 3 aromatic heterocycles. The van der Waals surface area contributed by atoms with Gasteiger partial charge in [-0.1, -0.05) is 140 Å². The van der Waals surface area contributed by atoms with Gasteiger partial charge in [0.15, 0.2) is 0 Å². The molecule has 0 aliphatic carbocycles. The molecule has 248 valence electrons. The first-order valence-electron chi connectivity index (χ1n) is 17.7. The van der Waals surface area contributed by atoms with Gasteiger partial charge < -0.3 is 0 Å². The number of rotatable bonds is 6. The first-order chi connectivity index (χ1) is 26.3. The molecule has 0 N–H and O–H groups in total. The van der Waals surface area contributed by atoms with Crippen LogP contribution < -0.4 is 0 Å². The molecule has 0 saturated carbocycles. The van der Waals surface area contributed by atoms with E-state index in [1.165, 1.54) is 11.1 Å². The van der Waals surface area contributed by atoms with Gasteiger partial charge in [-0.3, -0.25) is 9.97 Å². The van der Waals surface area contributed by atoms with Crippen LogP contribution in [0.2, 0.25) is 0 Å². The SMILES string of the molecule is c1ccc(-c2c3ccccc3c(-n3nc4c(-c5cccc(-c6cccnc6)c5)ccc(-c5cccc(-c6cccnc6)c5)c4n3)c3ccccc23)cc1. The highest BCUT2D eigenvalue weighted by atomic mass is 15.5. The third kappa shape index (κ3) is 5.34. The van der Waals surface area contributed by atoms with E-state index in [1.807, 2.05) is 29.3 Å². The quantitative estimate of drug-likeness (QED) is 0.164. The van der Waals surface area contributed by atoms with E-state index in [1.54, 1.807) is 12.4 Å². The monoisotopic (exact) mass is 677 g/mol. The largest absolute Gasteiger partial charge is 0.264 e. The molecule has 53 heavy (non-hydrogen) atoms. The van der Waals surface area contributed by atoms with E-state index in [4.69, 9.17) is 10.2 Å². The number of nitrogens with zero attached hydrogens (tertiary/aromatic N) is 5. The summed E-state index contributed by atoms with van der Waals surface area (Å²) in [5.74, 6) is 0. The van der Waals surface area contributed by atoms with Crippen LogP contribution in [0.3, 0.4) is 0 Å². The summed E-state index contributed by atoms with van der Waals surface area (Å²) in [5.41, 5.74) is 13.5. The highest BCUT2D eigenvalue weighted by molar-refractivity contribution is 6.18. The van der Waals surface area contributed by atoms with Crippen LogP contribution in [-0.2, 0) is 0 Å². The molecule has 0 bridgehead atoms. The van der Waals surface area contributed by atoms with Crippen LogP contribution in [-0.4, -0.2) is 25.0 Å². The molecular formula is C48H31N5. The summed E-state index contributed by atoms with van der Waals surface area (Å²) >= 11 is 0. The van der Waals surface area contributed by atoms with Crippen molar-refractivity contribution in [1.82, 2.24) is 25.0 Å². The lowest BCUT2D eigenvalue weighted by molar-refractivity contribution is 0.777. The molecule has 5 nitrogen and oxygen atoms in total. The van der Waals surface area contributed by atoms with E-state index in [0.29, 0.717) is 0 Å². The third-order valence-electron chi connectivity index (χ3n) is 10.0. The van der Waals surface area contributed by atoms with E-state index in [0.717, 1.165) is 82.8 Å². The Hall–Kier alpha value is -7.24. The van der Waals surface area contributed by atoms with E-state index >= 15 is 0 Å². The van der Waals surface area contributed by atoms with Gasteiger partial charge in [0.05, 0.1) is 0 Å². The Kier molecular flexibility index (Phi) is 7.40. The highest BCUT2D eigenvalue weighted by Crippen LogP contribution is 2.42. The van der Waals surface area contributed by atoms with Crippen molar-refractivity contribution in [2.75, 3.05) is 0 Å². The molecule has 0 unspecified atom stereocenters. The Balaban J connectivity index is 1.25. The summed E-state index contributed by atoms with van der Waals surface area (Å²) in [6.45, 7) is 0. The van der Waals surface area contributed by atoms with E-state index in [2.05, 4.69) is 162 Å². The fourth-order valence-corrected chi connectivity index (χ4v) is 7.60. The van der Waals surface area contributed by atoms with E-state index < -0.39 is 0 Å². The summed E-state index contributed by atoms with van der Waals surface area (Å²) in [5, 5.41) is 15.3. The second kappa shape index (κ2) is 12.8. The number of aromatic nitrogens is 5. The summed E-state index contributed by atoms with van der Waals surface area (Å²) in [4.78, 5) is 10.6. The van der Waals surface area contributed by atoms with Gasteiger partial charge in [-0.25, -0.2) is 0 Å². The molecule has 0 aliphatic rings. The van der Waals surface area contributed by atoms with Crippen molar-refractivity contribution in [1.29, 1.82) is 0 Å². The second-order valence-electron chi connectivity index (χ2n) is 13.2. The molecule has 0 saturated heterocycles. The minimum absolute atomic E-state index is 0.831. The molecule has 5 heteroatoms. The Morgan fingerprint density at radius 1 is 0.340 bits per heavy atom. The first kappa shape index (κ1) is 30.6. The Morgan fingerprint density at radius 3 is 1.26 bits per heavy atom. The van der Waals surface area contributed by atoms with Crippen molar-refractivity contribution in [2.24, 2.45) is 0 Å². The molecule has 0 atom stereocenters. The van der Waals surface area contributed by atoms with Crippen LogP contribution in [0.4, 0.5) is 0 Å². The zero-order valence-electron chi connectivity index (χ0n) is 28.6. The number of hydrogen-bond acceptors (Lipinski definition) is 4. The summed E-state index contributed by atoms with van der Waals surface area (Å²) in [6, 6.07) is 57.5. The maximum absolute atomic E-state index is 5.41. The fraction of sp³-hybridized carbons (Fsp3) is 0. The summed E-state index contributed by atoms with van der Waals surface area (Å²) in [6.07, 6.45) is 7.41. The van der Waals surface area contributed by atoms with Gasteiger partial charge in [-0.05, 0) is 68.4 Å². The standard InChI is InChI=1S/C48H31N5/c1-2-12-32(13-3-1)45-41-20-4-6-22-43(41)48(44-23-7-5-21-42(44)45)53-51-46-39(35-16-8-14-33(28-35)37-18-10-26-49-30-37)24-25-40(47(46)52-53)36-17-9-15-34(29-36)38-19-11-27-50-31-38/h1-31H. The van der Waals surface area contributed by atoms with Gasteiger partial charge in [-0.2, -0.15) is 0 Å². The molecule has 7 aromatic carbocycles. The number of hydrogen-bond donors (Lipinski definition) is 0. The van der Waals surface area contributed by atoms with E-state index in [-0.39, 0.29) is 0 Å². The summed E-state index contributed by atoms with van der Waals surface area (Å²) in [7, 11) is 0. The number of benzene rings is 7. The Labute approximate surface area is 306 Å². The van der Waals surface area contributed by atoms with Crippen LogP contribution >= 0.6 is 0 Å². The lowest BCUT2D eigenvalue weighted by Gasteiger charge is -2.16. The molecule has 0 fully saturated rings. The van der Waals surface area contributed by atoms with Crippen LogP contribution in [0, 0.1) is 0 Å². The normalized spacial score (nSPS) is 11.4. The molecule has 0 spiro atoms. The summed E-state index contributed by atoms with van der Waals surface area (Å²) < 4.78 is 0. The van der Waals surface area contributed by atoms with Gasteiger partial charge in [-0.15, -0.1) is 15.0 Å². The van der Waals surface area contributed by atoms with Gasteiger partial charge in [0.1, 0.15) is 16.7 Å². The predicted octanol–water partition coefficient (Wildman–Crippen LogP) is 11.9. The molecule has 0 radical (unpaired) electrons. The minimum Gasteiger partial charge on any atom is -0.264 e. The zero-order valence-corrected chi connectivity index (χ0v) is 28.6. The Morgan fingerprint density at radius 2 is 0.774 bits per heavy atom. The van der Waals surface area contributed by atoms with Crippen molar-refractivity contribution in [3.8, 4) is 61.3 Å². The van der Waals surface area contributed by atoms with Crippen LogP contribution in [0.5, 0.6) is 0 Å². The predicted molar refractivity (Wildman–Crippen MR) is 217 cm³/mol. The van der Waals surface area contributed by atoms with Crippen molar-refractivity contribution >= 4 is 32.6 Å². The smallest absolute Gasteiger partial charge is 0.122 e. The topological polar surface area (TPSA) is 56.5 Å². The average molecular weight is 678 g/mol. The van der Waals surface area contributed by atoms with Gasteiger partial charge in [0, 0.05) is 57.8 Å². The zero-order chi connectivity index (χ0) is 35.1. The Bertz CT molecular complexity index is 2760. The molecule has 0 aliphatic heterocycles. The number of pyridine rings is 2. The van der Waals surface area contributed by atoms with Crippen molar-refractivity contribution in [3.05, 3.63) is 189 Å². The van der Waals surface area contributed by atoms with E-state index in [9.17, 15) is 0 Å². The van der Waals surface area contributed by atoms with Crippen molar-refractivity contribution in [3.63, 3.8) is 0 Å². The maximum Gasteiger partial charge on any atom is 0.122 e. The van der Waals surface area contributed by atoms with Crippen LogP contribution in [0.15, 0.2) is 189 Å².